The van der Waals surface area contributed by atoms with Crippen LogP contribution < -0.4 is 4.90 Å². The van der Waals surface area contributed by atoms with Gasteiger partial charge in [-0.25, -0.2) is 0 Å². The minimum absolute atomic E-state index is 0.898. The molecule has 0 aliphatic heterocycles. The summed E-state index contributed by atoms with van der Waals surface area (Å²) in [5.41, 5.74) is 12.1. The Hall–Kier alpha value is -7.46. The van der Waals surface area contributed by atoms with Crippen molar-refractivity contribution < 1.29 is 4.42 Å². The van der Waals surface area contributed by atoms with Crippen molar-refractivity contribution in [2.24, 2.45) is 0 Å². The van der Waals surface area contributed by atoms with Gasteiger partial charge >= 0.3 is 0 Å². The number of benzene rings is 10. The highest BCUT2D eigenvalue weighted by molar-refractivity contribution is 7.25. The Morgan fingerprint density at radius 1 is 0.322 bits per heavy atom. The summed E-state index contributed by atoms with van der Waals surface area (Å²) in [5, 5.41) is 9.80. The molecule has 0 bridgehead atoms. The van der Waals surface area contributed by atoms with Crippen LogP contribution in [0.25, 0.3) is 97.0 Å². The first-order valence-electron chi connectivity index (χ1n) is 20.1. The van der Waals surface area contributed by atoms with E-state index in [2.05, 4.69) is 205 Å². The minimum atomic E-state index is 0.898. The molecule has 276 valence electrons. The Labute approximate surface area is 345 Å². The van der Waals surface area contributed by atoms with Crippen molar-refractivity contribution in [3.05, 3.63) is 212 Å². The number of fused-ring (bicyclic) bond motifs is 9. The summed E-state index contributed by atoms with van der Waals surface area (Å²) in [7, 11) is 0. The van der Waals surface area contributed by atoms with E-state index in [1.165, 1.54) is 52.8 Å². The third-order valence-corrected chi connectivity index (χ3v) is 13.0. The number of anilines is 3. The molecule has 0 N–H and O–H groups in total. The third kappa shape index (κ3) is 5.62. The highest BCUT2D eigenvalue weighted by Crippen LogP contribution is 2.47. The average Bonchev–Trinajstić information content (AvgIpc) is 3.87. The molecule has 0 fully saturated rings. The van der Waals surface area contributed by atoms with Crippen LogP contribution in [0.4, 0.5) is 17.1 Å². The van der Waals surface area contributed by atoms with Crippen molar-refractivity contribution in [2.45, 2.75) is 0 Å². The van der Waals surface area contributed by atoms with Crippen LogP contribution in [0.15, 0.2) is 217 Å². The van der Waals surface area contributed by atoms with E-state index in [1.54, 1.807) is 0 Å². The number of furan rings is 1. The van der Waals surface area contributed by atoms with E-state index in [0.717, 1.165) is 61.3 Å². The second-order valence-electron chi connectivity index (χ2n) is 15.3. The molecule has 2 nitrogen and oxygen atoms in total. The highest BCUT2D eigenvalue weighted by atomic mass is 32.1. The normalized spacial score (nSPS) is 11.7. The lowest BCUT2D eigenvalue weighted by Gasteiger charge is -2.29. The fourth-order valence-corrected chi connectivity index (χ4v) is 10.1. The summed E-state index contributed by atoms with van der Waals surface area (Å²) in [4.78, 5) is 2.47. The van der Waals surface area contributed by atoms with Crippen LogP contribution in [0.5, 0.6) is 0 Å². The molecule has 0 saturated carbocycles. The molecule has 0 unspecified atom stereocenters. The number of rotatable bonds is 6. The van der Waals surface area contributed by atoms with Crippen molar-refractivity contribution in [1.82, 2.24) is 0 Å². The predicted molar refractivity (Wildman–Crippen MR) is 253 cm³/mol. The van der Waals surface area contributed by atoms with Crippen LogP contribution in [-0.4, -0.2) is 0 Å². The molecular formula is C56H35NOS. The van der Waals surface area contributed by atoms with E-state index in [9.17, 15) is 0 Å². The fraction of sp³-hybridized carbons (Fsp3) is 0. The summed E-state index contributed by atoms with van der Waals surface area (Å²) < 4.78 is 8.80. The first-order valence-corrected chi connectivity index (χ1v) is 20.9. The van der Waals surface area contributed by atoms with Gasteiger partial charge in [-0.05, 0) is 116 Å². The fourth-order valence-electron chi connectivity index (χ4n) is 9.05. The SMILES string of the molecule is c1ccc(-c2ccc(-c3cc4ccccc4c4ccccc34)cc2N(c2cccc(-c3ccc4oc5ccccc5c4c3)c2)c2ccc3sc4ccccc4c3c2)cc1. The monoisotopic (exact) mass is 769 g/mol. The van der Waals surface area contributed by atoms with Crippen molar-refractivity contribution in [3.63, 3.8) is 0 Å². The second kappa shape index (κ2) is 13.6. The largest absolute Gasteiger partial charge is 0.456 e. The molecular weight excluding hydrogens is 735 g/mol. The van der Waals surface area contributed by atoms with Crippen LogP contribution in [0.2, 0.25) is 0 Å². The van der Waals surface area contributed by atoms with Gasteiger partial charge in [-0.15, -0.1) is 11.3 Å². The Balaban J connectivity index is 1.12. The first-order chi connectivity index (χ1) is 29.2. The van der Waals surface area contributed by atoms with Crippen LogP contribution in [0.1, 0.15) is 0 Å². The van der Waals surface area contributed by atoms with Crippen molar-refractivity contribution in [1.29, 1.82) is 0 Å². The van der Waals surface area contributed by atoms with Gasteiger partial charge < -0.3 is 9.32 Å². The molecule has 0 aliphatic carbocycles. The summed E-state index contributed by atoms with van der Waals surface area (Å²) in [5.74, 6) is 0. The lowest BCUT2D eigenvalue weighted by atomic mass is 9.91. The second-order valence-corrected chi connectivity index (χ2v) is 16.3. The minimum Gasteiger partial charge on any atom is -0.456 e. The number of hydrogen-bond donors (Lipinski definition) is 0. The summed E-state index contributed by atoms with van der Waals surface area (Å²) in [6.45, 7) is 0. The topological polar surface area (TPSA) is 16.4 Å². The predicted octanol–water partition coefficient (Wildman–Crippen LogP) is 16.7. The lowest BCUT2D eigenvalue weighted by Crippen LogP contribution is -2.11. The van der Waals surface area contributed by atoms with Gasteiger partial charge in [0.2, 0.25) is 0 Å². The zero-order valence-electron chi connectivity index (χ0n) is 32.0. The van der Waals surface area contributed by atoms with Gasteiger partial charge in [0.25, 0.3) is 0 Å². The van der Waals surface area contributed by atoms with E-state index >= 15 is 0 Å². The molecule has 0 aliphatic rings. The highest BCUT2D eigenvalue weighted by Gasteiger charge is 2.21. The molecule has 0 spiro atoms. The van der Waals surface area contributed by atoms with E-state index in [0.29, 0.717) is 0 Å². The molecule has 2 heterocycles. The molecule has 0 saturated heterocycles. The first kappa shape index (κ1) is 33.7. The smallest absolute Gasteiger partial charge is 0.135 e. The maximum Gasteiger partial charge on any atom is 0.135 e. The summed E-state index contributed by atoms with van der Waals surface area (Å²) in [6, 6.07) is 77.3. The van der Waals surface area contributed by atoms with Gasteiger partial charge in [-0.2, -0.15) is 0 Å². The van der Waals surface area contributed by atoms with Crippen LogP contribution in [-0.2, 0) is 0 Å². The number of nitrogens with zero attached hydrogens (tertiary/aromatic N) is 1. The van der Waals surface area contributed by atoms with E-state index in [-0.39, 0.29) is 0 Å². The number of hydrogen-bond acceptors (Lipinski definition) is 3. The summed E-state index contributed by atoms with van der Waals surface area (Å²) >= 11 is 1.85. The lowest BCUT2D eigenvalue weighted by molar-refractivity contribution is 0.669. The van der Waals surface area contributed by atoms with Crippen LogP contribution in [0, 0.1) is 0 Å². The molecule has 3 heteroatoms. The zero-order chi connectivity index (χ0) is 38.9. The van der Waals surface area contributed by atoms with Gasteiger partial charge in [0, 0.05) is 47.9 Å². The van der Waals surface area contributed by atoms with Gasteiger partial charge in [0.05, 0.1) is 5.69 Å². The van der Waals surface area contributed by atoms with Gasteiger partial charge in [0.15, 0.2) is 0 Å². The van der Waals surface area contributed by atoms with Crippen LogP contribution >= 0.6 is 11.3 Å². The van der Waals surface area contributed by atoms with E-state index in [1.807, 2.05) is 23.5 Å². The van der Waals surface area contributed by atoms with Crippen LogP contribution in [0.3, 0.4) is 0 Å². The van der Waals surface area contributed by atoms with Crippen molar-refractivity contribution in [2.75, 3.05) is 4.90 Å². The molecule has 0 radical (unpaired) electrons. The van der Waals surface area contributed by atoms with Crippen molar-refractivity contribution >= 4 is 92.1 Å². The molecule has 2 aromatic heterocycles. The maximum absolute atomic E-state index is 6.23. The Morgan fingerprint density at radius 2 is 0.983 bits per heavy atom. The maximum atomic E-state index is 6.23. The molecule has 12 rings (SSSR count). The third-order valence-electron chi connectivity index (χ3n) is 11.8. The Morgan fingerprint density at radius 3 is 1.88 bits per heavy atom. The number of para-hydroxylation sites is 1. The van der Waals surface area contributed by atoms with Gasteiger partial charge in [-0.1, -0.05) is 146 Å². The number of thiophene rings is 1. The standard InChI is InChI=1S/C56H35NOS/c1-2-13-36(14-3-1)44-28-25-40(49-33-39-15-4-5-18-43(39)45-19-6-7-20-46(45)49)34-52(44)57(42-27-30-56-51(35-42)48-22-9-11-24-55(48)59-56)41-17-12-16-37(31-41)38-26-29-54-50(32-38)47-21-8-10-23-53(47)58-54/h1-35H. The zero-order valence-corrected chi connectivity index (χ0v) is 32.8. The quantitative estimate of drug-likeness (QED) is 0.157. The van der Waals surface area contributed by atoms with E-state index < -0.39 is 0 Å². The molecule has 12 aromatic rings. The Kier molecular flexibility index (Phi) is 7.75. The van der Waals surface area contributed by atoms with E-state index in [4.69, 9.17) is 4.42 Å². The molecule has 0 amide bonds. The van der Waals surface area contributed by atoms with Gasteiger partial charge in [0.1, 0.15) is 11.2 Å². The molecule has 0 atom stereocenters. The Bertz CT molecular complexity index is 3580. The average molecular weight is 770 g/mol. The molecule has 59 heavy (non-hydrogen) atoms. The van der Waals surface area contributed by atoms with Crippen molar-refractivity contribution in [3.8, 4) is 33.4 Å². The van der Waals surface area contributed by atoms with Gasteiger partial charge in [-0.3, -0.25) is 0 Å². The summed E-state index contributed by atoms with van der Waals surface area (Å²) in [6.07, 6.45) is 0. The molecule has 10 aromatic carbocycles.